The molecule has 0 atom stereocenters. The second-order valence-corrected chi connectivity index (χ2v) is 4.93. The molecule has 0 spiro atoms. The molecular formula is C13H16N4O2S. The second kappa shape index (κ2) is 6.95. The molecular weight excluding hydrogens is 276 g/mol. The molecule has 1 aromatic carbocycles. The average Bonchev–Trinajstić information content (AvgIpc) is 2.93. The van der Waals surface area contributed by atoms with Gasteiger partial charge < -0.3 is 10.1 Å². The van der Waals surface area contributed by atoms with Crippen LogP contribution in [-0.4, -0.2) is 34.0 Å². The molecule has 0 saturated heterocycles. The molecule has 1 amide bonds. The number of methoxy groups -OCH3 is 1. The molecule has 0 aliphatic heterocycles. The van der Waals surface area contributed by atoms with Gasteiger partial charge in [-0.25, -0.2) is 4.98 Å². The zero-order valence-corrected chi connectivity index (χ0v) is 12.2. The maximum Gasteiger partial charge on any atom is 0.234 e. The fraction of sp³-hybridized carbons (Fsp3) is 0.308. The monoisotopic (exact) mass is 292 g/mol. The molecule has 2 aromatic rings. The van der Waals surface area contributed by atoms with Crippen molar-refractivity contribution in [3.8, 4) is 5.75 Å². The van der Waals surface area contributed by atoms with E-state index >= 15 is 0 Å². The number of thioether (sulfide) groups is 1. The summed E-state index contributed by atoms with van der Waals surface area (Å²) in [6.45, 7) is 1.99. The standard InChI is InChI=1S/C13H16N4O2S/c1-3-11-15-13(17-16-11)20-8-12(18)14-9-5-4-6-10(7-9)19-2/h4-7H,3,8H2,1-2H3,(H,14,18)(H,15,16,17). The Morgan fingerprint density at radius 1 is 1.50 bits per heavy atom. The SMILES string of the molecule is CCc1nc(SCC(=O)Nc2cccc(OC)c2)n[nH]1. The third-order valence-electron chi connectivity index (χ3n) is 2.53. The molecule has 1 aromatic heterocycles. The summed E-state index contributed by atoms with van der Waals surface area (Å²) in [5, 5.41) is 10.2. The Labute approximate surface area is 121 Å². The van der Waals surface area contributed by atoms with Crippen molar-refractivity contribution in [2.24, 2.45) is 0 Å². The van der Waals surface area contributed by atoms with Gasteiger partial charge in [-0.1, -0.05) is 24.8 Å². The quantitative estimate of drug-likeness (QED) is 0.797. The van der Waals surface area contributed by atoms with Gasteiger partial charge >= 0.3 is 0 Å². The maximum absolute atomic E-state index is 11.8. The fourth-order valence-electron chi connectivity index (χ4n) is 1.53. The normalized spacial score (nSPS) is 10.3. The molecule has 7 heteroatoms. The molecule has 0 fully saturated rings. The number of carbonyl (C=O) groups is 1. The number of aromatic nitrogens is 3. The zero-order valence-electron chi connectivity index (χ0n) is 11.3. The van der Waals surface area contributed by atoms with Crippen LogP contribution >= 0.6 is 11.8 Å². The first-order chi connectivity index (χ1) is 9.71. The van der Waals surface area contributed by atoms with Crippen LogP contribution in [0, 0.1) is 0 Å². The van der Waals surface area contributed by atoms with Gasteiger partial charge in [-0.15, -0.1) is 5.10 Å². The number of anilines is 1. The largest absolute Gasteiger partial charge is 0.497 e. The third kappa shape index (κ3) is 3.99. The number of carbonyl (C=O) groups excluding carboxylic acids is 1. The van der Waals surface area contributed by atoms with E-state index in [1.807, 2.05) is 25.1 Å². The summed E-state index contributed by atoms with van der Waals surface area (Å²) < 4.78 is 5.10. The summed E-state index contributed by atoms with van der Waals surface area (Å²) in [6.07, 6.45) is 0.795. The minimum atomic E-state index is -0.105. The number of amides is 1. The van der Waals surface area contributed by atoms with Crippen molar-refractivity contribution in [2.45, 2.75) is 18.5 Å². The van der Waals surface area contributed by atoms with Gasteiger partial charge in [-0.05, 0) is 12.1 Å². The van der Waals surface area contributed by atoms with Crippen LogP contribution in [-0.2, 0) is 11.2 Å². The van der Waals surface area contributed by atoms with Crippen LogP contribution in [0.3, 0.4) is 0 Å². The lowest BCUT2D eigenvalue weighted by Crippen LogP contribution is -2.14. The van der Waals surface area contributed by atoms with Crippen LogP contribution in [0.15, 0.2) is 29.4 Å². The highest BCUT2D eigenvalue weighted by Gasteiger charge is 2.07. The highest BCUT2D eigenvalue weighted by atomic mass is 32.2. The van der Waals surface area contributed by atoms with E-state index in [2.05, 4.69) is 20.5 Å². The lowest BCUT2D eigenvalue weighted by atomic mass is 10.3. The number of benzene rings is 1. The number of hydrogen-bond donors (Lipinski definition) is 2. The topological polar surface area (TPSA) is 79.9 Å². The summed E-state index contributed by atoms with van der Waals surface area (Å²) in [6, 6.07) is 7.23. The molecule has 2 rings (SSSR count). The van der Waals surface area contributed by atoms with Crippen molar-refractivity contribution in [1.29, 1.82) is 0 Å². The Bertz CT molecular complexity index is 585. The molecule has 106 valence electrons. The van der Waals surface area contributed by atoms with Gasteiger partial charge in [0.1, 0.15) is 11.6 Å². The number of aryl methyl sites for hydroxylation is 1. The van der Waals surface area contributed by atoms with Crippen LogP contribution in [0.4, 0.5) is 5.69 Å². The van der Waals surface area contributed by atoms with Gasteiger partial charge in [0, 0.05) is 18.2 Å². The van der Waals surface area contributed by atoms with Gasteiger partial charge in [0.2, 0.25) is 11.1 Å². The van der Waals surface area contributed by atoms with Crippen molar-refractivity contribution in [3.05, 3.63) is 30.1 Å². The maximum atomic E-state index is 11.8. The first-order valence-electron chi connectivity index (χ1n) is 6.19. The molecule has 0 aliphatic rings. The zero-order chi connectivity index (χ0) is 14.4. The van der Waals surface area contributed by atoms with E-state index < -0.39 is 0 Å². The predicted molar refractivity (Wildman–Crippen MR) is 78.1 cm³/mol. The van der Waals surface area contributed by atoms with Crippen molar-refractivity contribution in [2.75, 3.05) is 18.2 Å². The van der Waals surface area contributed by atoms with E-state index in [1.165, 1.54) is 11.8 Å². The summed E-state index contributed by atoms with van der Waals surface area (Å²) in [4.78, 5) is 16.1. The lowest BCUT2D eigenvalue weighted by molar-refractivity contribution is -0.113. The minimum Gasteiger partial charge on any atom is -0.497 e. The Morgan fingerprint density at radius 2 is 2.35 bits per heavy atom. The van der Waals surface area contributed by atoms with Crippen molar-refractivity contribution >= 4 is 23.4 Å². The summed E-state index contributed by atoms with van der Waals surface area (Å²) >= 11 is 1.30. The molecule has 20 heavy (non-hydrogen) atoms. The van der Waals surface area contributed by atoms with Crippen molar-refractivity contribution in [1.82, 2.24) is 15.2 Å². The Kier molecular flexibility index (Phi) is 5.00. The van der Waals surface area contributed by atoms with Gasteiger partial charge in [0.25, 0.3) is 0 Å². The van der Waals surface area contributed by atoms with Crippen LogP contribution in [0.1, 0.15) is 12.7 Å². The Hall–Kier alpha value is -2.02. The smallest absolute Gasteiger partial charge is 0.234 e. The highest BCUT2D eigenvalue weighted by Crippen LogP contribution is 2.18. The Morgan fingerprint density at radius 3 is 3.05 bits per heavy atom. The summed E-state index contributed by atoms with van der Waals surface area (Å²) in [7, 11) is 1.59. The number of H-pyrrole nitrogens is 1. The number of ether oxygens (including phenoxy) is 1. The van der Waals surface area contributed by atoms with E-state index in [0.717, 1.165) is 12.2 Å². The van der Waals surface area contributed by atoms with Crippen LogP contribution in [0.2, 0.25) is 0 Å². The van der Waals surface area contributed by atoms with Crippen molar-refractivity contribution < 1.29 is 9.53 Å². The fourth-order valence-corrected chi connectivity index (χ4v) is 2.15. The minimum absolute atomic E-state index is 0.105. The summed E-state index contributed by atoms with van der Waals surface area (Å²) in [5.41, 5.74) is 0.708. The Balaban J connectivity index is 1.85. The van der Waals surface area contributed by atoms with E-state index in [-0.39, 0.29) is 11.7 Å². The molecule has 0 aliphatic carbocycles. The van der Waals surface area contributed by atoms with Crippen LogP contribution in [0.25, 0.3) is 0 Å². The molecule has 0 bridgehead atoms. The van der Waals surface area contributed by atoms with Crippen LogP contribution < -0.4 is 10.1 Å². The highest BCUT2D eigenvalue weighted by molar-refractivity contribution is 7.99. The van der Waals surface area contributed by atoms with Gasteiger partial charge in [-0.2, -0.15) is 0 Å². The first kappa shape index (κ1) is 14.4. The number of nitrogens with zero attached hydrogens (tertiary/aromatic N) is 2. The van der Waals surface area contributed by atoms with Gasteiger partial charge in [-0.3, -0.25) is 9.89 Å². The molecule has 0 saturated carbocycles. The number of hydrogen-bond acceptors (Lipinski definition) is 5. The van der Waals surface area contributed by atoms with E-state index in [4.69, 9.17) is 4.74 Å². The molecule has 6 nitrogen and oxygen atoms in total. The molecule has 0 radical (unpaired) electrons. The number of nitrogens with one attached hydrogen (secondary N) is 2. The number of rotatable bonds is 6. The van der Waals surface area contributed by atoms with E-state index in [0.29, 0.717) is 16.6 Å². The van der Waals surface area contributed by atoms with Crippen LogP contribution in [0.5, 0.6) is 5.75 Å². The molecule has 2 N–H and O–H groups in total. The second-order valence-electron chi connectivity index (χ2n) is 3.99. The number of aromatic amines is 1. The predicted octanol–water partition coefficient (Wildman–Crippen LogP) is 2.11. The third-order valence-corrected chi connectivity index (χ3v) is 3.38. The molecule has 0 unspecified atom stereocenters. The van der Waals surface area contributed by atoms with E-state index in [1.54, 1.807) is 13.2 Å². The lowest BCUT2D eigenvalue weighted by Gasteiger charge is -2.06. The molecule has 1 heterocycles. The van der Waals surface area contributed by atoms with E-state index in [9.17, 15) is 4.79 Å². The van der Waals surface area contributed by atoms with Gasteiger partial charge in [0.05, 0.1) is 12.9 Å². The first-order valence-corrected chi connectivity index (χ1v) is 7.17. The summed E-state index contributed by atoms with van der Waals surface area (Å²) in [5.74, 6) is 1.68. The average molecular weight is 292 g/mol. The van der Waals surface area contributed by atoms with Crippen molar-refractivity contribution in [3.63, 3.8) is 0 Å². The van der Waals surface area contributed by atoms with Gasteiger partial charge in [0.15, 0.2) is 0 Å².